The van der Waals surface area contributed by atoms with Crippen molar-refractivity contribution in [2.45, 2.75) is 6.54 Å². The average molecular weight is 265 g/mol. The zero-order valence-corrected chi connectivity index (χ0v) is 10.8. The molecule has 5 heteroatoms. The van der Waals surface area contributed by atoms with E-state index in [0.29, 0.717) is 0 Å². The molecule has 5 heterocycles. The molecule has 19 heavy (non-hydrogen) atoms. The molecule has 0 saturated carbocycles. The summed E-state index contributed by atoms with van der Waals surface area (Å²) in [6.07, 6.45) is 9.78. The van der Waals surface area contributed by atoms with Gasteiger partial charge in [0.2, 0.25) is 4.83 Å². The van der Waals surface area contributed by atoms with E-state index in [4.69, 9.17) is 0 Å². The Morgan fingerprint density at radius 1 is 1.16 bits per heavy atom. The van der Waals surface area contributed by atoms with E-state index >= 15 is 0 Å². The fourth-order valence-corrected chi connectivity index (χ4v) is 4.01. The quantitative estimate of drug-likeness (QED) is 0.402. The summed E-state index contributed by atoms with van der Waals surface area (Å²) in [7, 11) is 0. The van der Waals surface area contributed by atoms with Crippen molar-refractivity contribution in [1.82, 2.24) is 14.4 Å². The fourth-order valence-electron chi connectivity index (χ4n) is 2.85. The van der Waals surface area contributed by atoms with E-state index < -0.39 is 0 Å². The van der Waals surface area contributed by atoms with Gasteiger partial charge in [0.1, 0.15) is 6.54 Å². The van der Waals surface area contributed by atoms with Crippen molar-refractivity contribution in [3.8, 4) is 11.3 Å². The van der Waals surface area contributed by atoms with E-state index in [0.717, 1.165) is 6.54 Å². The summed E-state index contributed by atoms with van der Waals surface area (Å²) in [6, 6.07) is 4.18. The normalized spacial score (nSPS) is 13.1. The lowest BCUT2D eigenvalue weighted by molar-refractivity contribution is -0.671. The highest BCUT2D eigenvalue weighted by molar-refractivity contribution is 7.24. The van der Waals surface area contributed by atoms with Gasteiger partial charge in [-0.2, -0.15) is 4.40 Å². The molecule has 4 nitrogen and oxygen atoms in total. The standard InChI is InChI=1S/C14H9N4S/c1-3-15-5-10-9(1)7-17-8-18-11-6-16-4-2-12(11)19-14(18)13(10)17/h1-6,8H,7H2/q+1. The smallest absolute Gasteiger partial charge is 0.251 e. The van der Waals surface area contributed by atoms with Gasteiger partial charge in [0.05, 0.1) is 16.5 Å². The average Bonchev–Trinajstić information content (AvgIpc) is 3.05. The van der Waals surface area contributed by atoms with Crippen LogP contribution >= 0.6 is 11.3 Å². The molecule has 0 atom stereocenters. The topological polar surface area (TPSA) is 34.1 Å². The number of thiazole rings is 1. The van der Waals surface area contributed by atoms with Crippen LogP contribution in [-0.2, 0) is 6.54 Å². The van der Waals surface area contributed by atoms with Gasteiger partial charge < -0.3 is 0 Å². The number of hydrogen-bond acceptors (Lipinski definition) is 3. The lowest BCUT2D eigenvalue weighted by Crippen LogP contribution is -2.29. The summed E-state index contributed by atoms with van der Waals surface area (Å²) in [6.45, 7) is 0.934. The predicted octanol–water partition coefficient (Wildman–Crippen LogP) is 2.26. The highest BCUT2D eigenvalue weighted by atomic mass is 32.1. The molecule has 0 amide bonds. The molecule has 5 rings (SSSR count). The third-order valence-electron chi connectivity index (χ3n) is 3.70. The third kappa shape index (κ3) is 1.11. The summed E-state index contributed by atoms with van der Waals surface area (Å²) >= 11 is 1.81. The molecule has 4 aromatic rings. The molecule has 4 aromatic heterocycles. The first-order chi connectivity index (χ1) is 9.42. The minimum atomic E-state index is 0.934. The maximum Gasteiger partial charge on any atom is 0.251 e. The molecule has 0 bridgehead atoms. The van der Waals surface area contributed by atoms with Gasteiger partial charge in [0, 0.05) is 24.2 Å². The van der Waals surface area contributed by atoms with Crippen LogP contribution in [0.2, 0.25) is 0 Å². The molecule has 0 saturated heterocycles. The number of pyridine rings is 2. The van der Waals surface area contributed by atoms with E-state index in [2.05, 4.69) is 37.4 Å². The molecule has 0 aliphatic carbocycles. The first-order valence-corrected chi connectivity index (χ1v) is 6.94. The first-order valence-electron chi connectivity index (χ1n) is 6.12. The molecular formula is C14H9N4S+. The second kappa shape index (κ2) is 3.19. The Morgan fingerprint density at radius 2 is 2.05 bits per heavy atom. The van der Waals surface area contributed by atoms with Gasteiger partial charge in [0.25, 0.3) is 6.33 Å². The SMILES string of the molecule is c1cc2c(cn1)-c1c3sc4ccncc4n3c[n+]1C2. The number of nitrogens with zero attached hydrogens (tertiary/aromatic N) is 4. The summed E-state index contributed by atoms with van der Waals surface area (Å²) in [5.41, 5.74) is 5.06. The Labute approximate surface area is 112 Å². The van der Waals surface area contributed by atoms with Crippen LogP contribution in [0.5, 0.6) is 0 Å². The van der Waals surface area contributed by atoms with Crippen LogP contribution in [0.1, 0.15) is 5.56 Å². The number of hydrogen-bond donors (Lipinski definition) is 0. The Morgan fingerprint density at radius 3 is 3.05 bits per heavy atom. The maximum atomic E-state index is 4.27. The molecule has 90 valence electrons. The second-order valence-corrected chi connectivity index (χ2v) is 5.78. The predicted molar refractivity (Wildman–Crippen MR) is 73.1 cm³/mol. The highest BCUT2D eigenvalue weighted by Gasteiger charge is 2.30. The summed E-state index contributed by atoms with van der Waals surface area (Å²) < 4.78 is 5.80. The Kier molecular flexibility index (Phi) is 1.62. The van der Waals surface area contributed by atoms with Crippen molar-refractivity contribution in [3.05, 3.63) is 48.8 Å². The summed E-state index contributed by atoms with van der Waals surface area (Å²) in [4.78, 5) is 9.76. The van der Waals surface area contributed by atoms with Crippen LogP contribution in [0.3, 0.4) is 0 Å². The zero-order chi connectivity index (χ0) is 12.4. The van der Waals surface area contributed by atoms with Gasteiger partial charge in [0.15, 0.2) is 11.2 Å². The van der Waals surface area contributed by atoms with E-state index in [1.807, 2.05) is 36.1 Å². The minimum Gasteiger partial charge on any atom is -0.264 e. The largest absolute Gasteiger partial charge is 0.264 e. The van der Waals surface area contributed by atoms with Crippen molar-refractivity contribution in [3.63, 3.8) is 0 Å². The minimum absolute atomic E-state index is 0.934. The van der Waals surface area contributed by atoms with E-state index in [-0.39, 0.29) is 0 Å². The van der Waals surface area contributed by atoms with E-state index in [1.165, 1.54) is 31.9 Å². The maximum absolute atomic E-state index is 4.27. The molecule has 0 N–H and O–H groups in total. The number of fused-ring (bicyclic) bond motifs is 7. The van der Waals surface area contributed by atoms with Crippen molar-refractivity contribution in [1.29, 1.82) is 0 Å². The van der Waals surface area contributed by atoms with E-state index in [9.17, 15) is 0 Å². The third-order valence-corrected chi connectivity index (χ3v) is 4.85. The molecule has 0 radical (unpaired) electrons. The monoisotopic (exact) mass is 265 g/mol. The lowest BCUT2D eigenvalue weighted by Gasteiger charge is -1.91. The van der Waals surface area contributed by atoms with Crippen molar-refractivity contribution >= 4 is 26.4 Å². The fraction of sp³-hybridized carbons (Fsp3) is 0.0714. The van der Waals surface area contributed by atoms with Crippen LogP contribution in [0, 0.1) is 0 Å². The van der Waals surface area contributed by atoms with Gasteiger partial charge in [-0.15, -0.1) is 0 Å². The first kappa shape index (κ1) is 9.63. The van der Waals surface area contributed by atoms with Gasteiger partial charge in [-0.1, -0.05) is 11.3 Å². The summed E-state index contributed by atoms with van der Waals surface area (Å²) in [5, 5.41) is 0. The number of aromatic nitrogens is 4. The molecule has 1 aliphatic rings. The van der Waals surface area contributed by atoms with Gasteiger partial charge in [-0.25, -0.2) is 4.57 Å². The van der Waals surface area contributed by atoms with Crippen LogP contribution in [0.15, 0.2) is 43.2 Å². The Balaban J connectivity index is 1.97. The molecule has 0 unspecified atom stereocenters. The van der Waals surface area contributed by atoms with Gasteiger partial charge in [-0.3, -0.25) is 9.97 Å². The Bertz CT molecular complexity index is 951. The van der Waals surface area contributed by atoms with Crippen LogP contribution in [-0.4, -0.2) is 14.4 Å². The number of imidazole rings is 1. The van der Waals surface area contributed by atoms with Crippen LogP contribution in [0.4, 0.5) is 0 Å². The number of rotatable bonds is 0. The lowest BCUT2D eigenvalue weighted by atomic mass is 10.1. The highest BCUT2D eigenvalue weighted by Crippen LogP contribution is 2.35. The van der Waals surface area contributed by atoms with Crippen molar-refractivity contribution in [2.75, 3.05) is 0 Å². The molecule has 1 aliphatic heterocycles. The van der Waals surface area contributed by atoms with Crippen molar-refractivity contribution in [2.24, 2.45) is 0 Å². The van der Waals surface area contributed by atoms with Crippen molar-refractivity contribution < 1.29 is 4.57 Å². The molecular weight excluding hydrogens is 256 g/mol. The second-order valence-electron chi connectivity index (χ2n) is 4.75. The molecule has 0 spiro atoms. The molecule has 0 fully saturated rings. The Hall–Kier alpha value is -2.27. The van der Waals surface area contributed by atoms with Crippen LogP contribution < -0.4 is 4.57 Å². The van der Waals surface area contributed by atoms with Crippen LogP contribution in [0.25, 0.3) is 26.3 Å². The zero-order valence-electron chi connectivity index (χ0n) is 9.95. The van der Waals surface area contributed by atoms with Gasteiger partial charge >= 0.3 is 0 Å². The van der Waals surface area contributed by atoms with E-state index in [1.54, 1.807) is 0 Å². The summed E-state index contributed by atoms with van der Waals surface area (Å²) in [5.74, 6) is 0. The molecule has 0 aromatic carbocycles. The van der Waals surface area contributed by atoms with Gasteiger partial charge in [-0.05, 0) is 12.1 Å².